The Morgan fingerprint density at radius 1 is 1.10 bits per heavy atom. The summed E-state index contributed by atoms with van der Waals surface area (Å²) in [5, 5.41) is 6.83. The maximum atomic E-state index is 5.64. The fourth-order valence-corrected chi connectivity index (χ4v) is 3.27. The Kier molecular flexibility index (Phi) is 11.9. The van der Waals surface area contributed by atoms with Gasteiger partial charge < -0.3 is 15.1 Å². The fourth-order valence-electron chi connectivity index (χ4n) is 3.27. The lowest BCUT2D eigenvalue weighted by Crippen LogP contribution is -2.48. The number of aromatic nitrogens is 1. The van der Waals surface area contributed by atoms with E-state index in [9.17, 15) is 0 Å². The smallest absolute Gasteiger partial charge is 0.216 e. The van der Waals surface area contributed by atoms with Crippen LogP contribution < -0.4 is 10.6 Å². The number of hydrogen-bond acceptors (Lipinski definition) is 4. The highest BCUT2D eigenvalue weighted by atomic mass is 127. The second kappa shape index (κ2) is 13.6. The molecule has 1 aromatic carbocycles. The molecule has 2 rings (SSSR count). The van der Waals surface area contributed by atoms with Crippen LogP contribution in [0.3, 0.4) is 0 Å². The first kappa shape index (κ1) is 25.4. The number of aliphatic imine (C=N–C) groups is 1. The Balaban J connectivity index is 0.00000420. The molecule has 0 aliphatic carbocycles. The van der Waals surface area contributed by atoms with Crippen molar-refractivity contribution in [2.24, 2.45) is 4.99 Å². The van der Waals surface area contributed by atoms with Gasteiger partial charge in [-0.2, -0.15) is 0 Å². The van der Waals surface area contributed by atoms with Crippen LogP contribution in [0.1, 0.15) is 43.7 Å². The van der Waals surface area contributed by atoms with Crippen molar-refractivity contribution in [1.82, 2.24) is 20.5 Å². The van der Waals surface area contributed by atoms with Gasteiger partial charge in [-0.1, -0.05) is 44.2 Å². The number of guanidine groups is 1. The molecular weight excluding hydrogens is 477 g/mol. The zero-order valence-electron chi connectivity index (χ0n) is 18.4. The highest BCUT2D eigenvalue weighted by Gasteiger charge is 2.17. The number of aryl methyl sites for hydroxylation is 2. The van der Waals surface area contributed by atoms with E-state index in [0.717, 1.165) is 50.0 Å². The normalized spacial score (nSPS) is 12.6. The molecule has 0 radical (unpaired) electrons. The lowest BCUT2D eigenvalue weighted by Gasteiger charge is -2.30. The Morgan fingerprint density at radius 2 is 1.79 bits per heavy atom. The van der Waals surface area contributed by atoms with Crippen molar-refractivity contribution >= 4 is 29.9 Å². The second-order valence-corrected chi connectivity index (χ2v) is 6.89. The summed E-state index contributed by atoms with van der Waals surface area (Å²) in [5.74, 6) is 2.30. The number of benzene rings is 1. The molecule has 0 saturated heterocycles. The number of nitrogens with zero attached hydrogens (tertiary/aromatic N) is 3. The van der Waals surface area contributed by atoms with Crippen LogP contribution in [0, 0.1) is 13.8 Å². The average molecular weight is 513 g/mol. The van der Waals surface area contributed by atoms with Crippen LogP contribution in [0.2, 0.25) is 0 Å². The Hall–Kier alpha value is -1.61. The molecule has 0 aliphatic rings. The predicted molar refractivity (Wildman–Crippen MR) is 131 cm³/mol. The molecule has 0 bridgehead atoms. The van der Waals surface area contributed by atoms with Gasteiger partial charge in [0.05, 0.1) is 5.69 Å². The third kappa shape index (κ3) is 8.34. The predicted octanol–water partition coefficient (Wildman–Crippen LogP) is 3.92. The molecule has 2 aromatic rings. The van der Waals surface area contributed by atoms with Crippen LogP contribution in [0.5, 0.6) is 0 Å². The molecule has 1 unspecified atom stereocenters. The molecule has 7 heteroatoms. The molecule has 0 spiro atoms. The summed E-state index contributed by atoms with van der Waals surface area (Å²) >= 11 is 0. The van der Waals surface area contributed by atoms with E-state index in [-0.39, 0.29) is 24.0 Å². The second-order valence-electron chi connectivity index (χ2n) is 6.89. The molecular formula is C22H36IN5O. The summed E-state index contributed by atoms with van der Waals surface area (Å²) in [7, 11) is 0. The van der Waals surface area contributed by atoms with Gasteiger partial charge in [0.25, 0.3) is 0 Å². The standard InChI is InChI=1S/C22H35N5O.HI/c1-6-23-22(25-16-21-26-17(4)18(5)28-21)24-15-20(27(7-2)8-3)14-19-12-10-9-11-13-19;/h9-13,20H,6-8,14-16H2,1-5H3,(H2,23,24,25);1H. The molecule has 162 valence electrons. The van der Waals surface area contributed by atoms with E-state index in [4.69, 9.17) is 4.42 Å². The van der Waals surface area contributed by atoms with E-state index < -0.39 is 0 Å². The van der Waals surface area contributed by atoms with Crippen molar-refractivity contribution in [3.05, 3.63) is 53.2 Å². The van der Waals surface area contributed by atoms with E-state index in [1.807, 2.05) is 13.8 Å². The van der Waals surface area contributed by atoms with E-state index in [1.165, 1.54) is 5.56 Å². The highest BCUT2D eigenvalue weighted by molar-refractivity contribution is 14.0. The summed E-state index contributed by atoms with van der Waals surface area (Å²) in [5.41, 5.74) is 2.28. The number of oxazole rings is 1. The molecule has 1 atom stereocenters. The van der Waals surface area contributed by atoms with Gasteiger partial charge in [0.2, 0.25) is 5.89 Å². The summed E-state index contributed by atoms with van der Waals surface area (Å²) in [6, 6.07) is 11.1. The minimum absolute atomic E-state index is 0. The van der Waals surface area contributed by atoms with Gasteiger partial charge >= 0.3 is 0 Å². The van der Waals surface area contributed by atoms with Gasteiger partial charge in [-0.05, 0) is 45.8 Å². The van der Waals surface area contributed by atoms with Crippen LogP contribution in [-0.2, 0) is 13.0 Å². The number of nitrogens with one attached hydrogen (secondary N) is 2. The SMILES string of the molecule is CCNC(=NCc1nc(C)c(C)o1)NCC(Cc1ccccc1)N(CC)CC.I. The van der Waals surface area contributed by atoms with Crippen LogP contribution in [0.15, 0.2) is 39.7 Å². The van der Waals surface area contributed by atoms with E-state index >= 15 is 0 Å². The third-order valence-electron chi connectivity index (χ3n) is 4.94. The number of halogens is 1. The minimum atomic E-state index is 0. The number of rotatable bonds is 10. The average Bonchev–Trinajstić information content (AvgIpc) is 3.03. The van der Waals surface area contributed by atoms with Gasteiger partial charge in [0, 0.05) is 19.1 Å². The number of likely N-dealkylation sites (N-methyl/N-ethyl adjacent to an activating group) is 1. The van der Waals surface area contributed by atoms with Crippen molar-refractivity contribution in [2.75, 3.05) is 26.2 Å². The fraction of sp³-hybridized carbons (Fsp3) is 0.545. The first-order valence-electron chi connectivity index (χ1n) is 10.3. The molecule has 0 saturated carbocycles. The van der Waals surface area contributed by atoms with Crippen LogP contribution in [0.25, 0.3) is 0 Å². The first-order valence-corrected chi connectivity index (χ1v) is 10.3. The maximum Gasteiger partial charge on any atom is 0.216 e. The Labute approximate surface area is 192 Å². The van der Waals surface area contributed by atoms with Crippen LogP contribution in [-0.4, -0.2) is 48.1 Å². The lowest BCUT2D eigenvalue weighted by atomic mass is 10.0. The van der Waals surface area contributed by atoms with Gasteiger partial charge in [-0.15, -0.1) is 24.0 Å². The monoisotopic (exact) mass is 513 g/mol. The highest BCUT2D eigenvalue weighted by Crippen LogP contribution is 2.10. The zero-order chi connectivity index (χ0) is 20.4. The first-order chi connectivity index (χ1) is 13.6. The topological polar surface area (TPSA) is 65.7 Å². The van der Waals surface area contributed by atoms with E-state index in [2.05, 4.69) is 76.6 Å². The molecule has 0 fully saturated rings. The van der Waals surface area contributed by atoms with Crippen molar-refractivity contribution in [3.63, 3.8) is 0 Å². The summed E-state index contributed by atoms with van der Waals surface area (Å²) in [6.45, 7) is 14.5. The van der Waals surface area contributed by atoms with Crippen molar-refractivity contribution < 1.29 is 4.42 Å². The van der Waals surface area contributed by atoms with E-state index in [1.54, 1.807) is 0 Å². The summed E-state index contributed by atoms with van der Waals surface area (Å²) in [6.07, 6.45) is 1.01. The van der Waals surface area contributed by atoms with Crippen LogP contribution in [0.4, 0.5) is 0 Å². The Bertz CT molecular complexity index is 709. The van der Waals surface area contributed by atoms with Crippen LogP contribution >= 0.6 is 24.0 Å². The maximum absolute atomic E-state index is 5.64. The molecule has 6 nitrogen and oxygen atoms in total. The van der Waals surface area contributed by atoms with Crippen molar-refractivity contribution in [3.8, 4) is 0 Å². The van der Waals surface area contributed by atoms with Crippen molar-refractivity contribution in [2.45, 2.75) is 53.6 Å². The van der Waals surface area contributed by atoms with E-state index in [0.29, 0.717) is 18.5 Å². The Morgan fingerprint density at radius 3 is 2.34 bits per heavy atom. The molecule has 29 heavy (non-hydrogen) atoms. The van der Waals surface area contributed by atoms with Crippen molar-refractivity contribution in [1.29, 1.82) is 0 Å². The molecule has 1 heterocycles. The minimum Gasteiger partial charge on any atom is -0.444 e. The third-order valence-corrected chi connectivity index (χ3v) is 4.94. The van der Waals surface area contributed by atoms with Gasteiger partial charge in [-0.25, -0.2) is 9.98 Å². The van der Waals surface area contributed by atoms with Gasteiger partial charge in [0.15, 0.2) is 5.96 Å². The molecule has 0 amide bonds. The van der Waals surface area contributed by atoms with Gasteiger partial charge in [-0.3, -0.25) is 4.90 Å². The largest absolute Gasteiger partial charge is 0.444 e. The summed E-state index contributed by atoms with van der Waals surface area (Å²) < 4.78 is 5.64. The summed E-state index contributed by atoms with van der Waals surface area (Å²) in [4.78, 5) is 11.5. The lowest BCUT2D eigenvalue weighted by molar-refractivity contribution is 0.215. The number of hydrogen-bond donors (Lipinski definition) is 2. The molecule has 2 N–H and O–H groups in total. The molecule has 1 aromatic heterocycles. The van der Waals surface area contributed by atoms with Gasteiger partial charge in [0.1, 0.15) is 12.3 Å². The quantitative estimate of drug-likeness (QED) is 0.287. The zero-order valence-corrected chi connectivity index (χ0v) is 20.7. The molecule has 0 aliphatic heterocycles.